The van der Waals surface area contributed by atoms with Crippen molar-refractivity contribution in [3.05, 3.63) is 39.5 Å². The van der Waals surface area contributed by atoms with Crippen molar-refractivity contribution in [2.24, 2.45) is 0 Å². The molecule has 0 spiro atoms. The summed E-state index contributed by atoms with van der Waals surface area (Å²) in [5, 5.41) is 0. The van der Waals surface area contributed by atoms with Crippen LogP contribution in [0.1, 0.15) is 70.4 Å². The van der Waals surface area contributed by atoms with Gasteiger partial charge in [0, 0.05) is 24.4 Å². The van der Waals surface area contributed by atoms with E-state index in [1.807, 2.05) is 18.6 Å². The van der Waals surface area contributed by atoms with Gasteiger partial charge >= 0.3 is 141 Å². The maximum Gasteiger partial charge on any atom is 0.139 e. The summed E-state index contributed by atoms with van der Waals surface area (Å²) in [6.45, 7) is 8.68. The molecular formula is C26H39IN2O2Sn. The number of nitrogens with zero attached hydrogens (tertiary/aromatic N) is 2. The smallest absolute Gasteiger partial charge is 0.139 e. The molecule has 0 amide bonds. The molecule has 2 aliphatic rings. The SMILES string of the molecule is CCC[CH2][Sn]([CH2]CCC)([CH2]CCC)[c]1cncc2c1OCC2.Ic1cncc2c1OCC2. The third-order valence-electron chi connectivity index (χ3n) is 6.73. The van der Waals surface area contributed by atoms with Crippen molar-refractivity contribution in [2.75, 3.05) is 13.2 Å². The van der Waals surface area contributed by atoms with Gasteiger partial charge in [-0.05, 0) is 22.6 Å². The van der Waals surface area contributed by atoms with Gasteiger partial charge in [0.25, 0.3) is 0 Å². The molecule has 0 saturated carbocycles. The zero-order valence-electron chi connectivity index (χ0n) is 20.1. The number of pyridine rings is 2. The van der Waals surface area contributed by atoms with Crippen LogP contribution in [0, 0.1) is 3.57 Å². The Morgan fingerprint density at radius 2 is 1.25 bits per heavy atom. The van der Waals surface area contributed by atoms with Gasteiger partial charge in [-0.3, -0.25) is 4.98 Å². The first kappa shape index (κ1) is 26.0. The van der Waals surface area contributed by atoms with E-state index in [1.54, 1.807) is 3.58 Å². The molecule has 0 bridgehead atoms. The Balaban J connectivity index is 0.000000238. The number of unbranched alkanes of at least 4 members (excludes halogenated alkanes) is 3. The van der Waals surface area contributed by atoms with Crippen LogP contribution >= 0.6 is 22.6 Å². The quantitative estimate of drug-likeness (QED) is 0.211. The van der Waals surface area contributed by atoms with Crippen LogP contribution in [0.5, 0.6) is 11.5 Å². The monoisotopic (exact) mass is 658 g/mol. The fourth-order valence-electron chi connectivity index (χ4n) is 4.87. The molecule has 0 atom stereocenters. The molecule has 0 unspecified atom stereocenters. The summed E-state index contributed by atoms with van der Waals surface area (Å²) in [5.41, 5.74) is 2.62. The first-order chi connectivity index (χ1) is 15.6. The molecule has 2 aliphatic heterocycles. The van der Waals surface area contributed by atoms with Crippen LogP contribution in [-0.4, -0.2) is 41.6 Å². The molecule has 4 heterocycles. The predicted molar refractivity (Wildman–Crippen MR) is 144 cm³/mol. The number of hydrogen-bond donors (Lipinski definition) is 0. The van der Waals surface area contributed by atoms with Gasteiger partial charge in [0.15, 0.2) is 0 Å². The second-order valence-corrected chi connectivity index (χ2v) is 23.4. The Morgan fingerprint density at radius 3 is 1.78 bits per heavy atom. The minimum absolute atomic E-state index is 0.816. The molecule has 0 fully saturated rings. The molecule has 176 valence electrons. The average molecular weight is 657 g/mol. The van der Waals surface area contributed by atoms with Crippen LogP contribution in [0.3, 0.4) is 0 Å². The van der Waals surface area contributed by atoms with Crippen molar-refractivity contribution in [1.82, 2.24) is 9.97 Å². The first-order valence-electron chi connectivity index (χ1n) is 12.5. The van der Waals surface area contributed by atoms with Crippen LogP contribution in [0.25, 0.3) is 0 Å². The minimum atomic E-state index is -2.38. The minimum Gasteiger partial charge on any atom is -0.492 e. The average Bonchev–Trinajstić information content (AvgIpc) is 3.49. The normalized spacial score (nSPS) is 14.1. The summed E-state index contributed by atoms with van der Waals surface area (Å²) in [4.78, 5) is 8.69. The molecule has 6 heteroatoms. The van der Waals surface area contributed by atoms with E-state index < -0.39 is 18.4 Å². The number of hydrogen-bond acceptors (Lipinski definition) is 4. The van der Waals surface area contributed by atoms with E-state index in [0.717, 1.165) is 35.4 Å². The van der Waals surface area contributed by atoms with E-state index in [9.17, 15) is 0 Å². The summed E-state index contributed by atoms with van der Waals surface area (Å²) in [6.07, 6.45) is 18.2. The topological polar surface area (TPSA) is 44.2 Å². The summed E-state index contributed by atoms with van der Waals surface area (Å²) >= 11 is -0.142. The van der Waals surface area contributed by atoms with Gasteiger partial charge in [-0.2, -0.15) is 0 Å². The molecule has 0 N–H and O–H groups in total. The van der Waals surface area contributed by atoms with Crippen molar-refractivity contribution in [1.29, 1.82) is 0 Å². The van der Waals surface area contributed by atoms with Gasteiger partial charge in [0.2, 0.25) is 0 Å². The molecule has 2 aromatic heterocycles. The van der Waals surface area contributed by atoms with Crippen molar-refractivity contribution in [3.8, 4) is 11.5 Å². The van der Waals surface area contributed by atoms with Crippen LogP contribution in [0.15, 0.2) is 24.8 Å². The molecule has 4 nitrogen and oxygen atoms in total. The molecule has 0 aromatic carbocycles. The van der Waals surface area contributed by atoms with E-state index in [4.69, 9.17) is 9.47 Å². The maximum absolute atomic E-state index is 6.09. The summed E-state index contributed by atoms with van der Waals surface area (Å²) in [7, 11) is 0. The van der Waals surface area contributed by atoms with Crippen LogP contribution < -0.4 is 13.1 Å². The Bertz CT molecular complexity index is 840. The van der Waals surface area contributed by atoms with Gasteiger partial charge in [-0.1, -0.05) is 0 Å². The standard InChI is InChI=1S/C7H6INO.C7H6NO.3C4H9.Sn/c8-6-4-9-3-5-1-2-10-7(5)6;1-3-8-5-6-2-4-9-7(1)6;3*1-3-4-2;/h3-4H,1-2H2;3,5H,2,4H2;3*1,3-4H2,2H3;. The van der Waals surface area contributed by atoms with E-state index in [2.05, 4.69) is 59.5 Å². The second kappa shape index (κ2) is 13.4. The van der Waals surface area contributed by atoms with E-state index in [0.29, 0.717) is 0 Å². The summed E-state index contributed by atoms with van der Waals surface area (Å²) in [5.74, 6) is 2.31. The molecular weight excluding hydrogens is 618 g/mol. The summed E-state index contributed by atoms with van der Waals surface area (Å²) in [6, 6.07) is 0. The number of halogens is 1. The number of fused-ring (bicyclic) bond motifs is 2. The summed E-state index contributed by atoms with van der Waals surface area (Å²) < 4.78 is 18.7. The van der Waals surface area contributed by atoms with Crippen molar-refractivity contribution in [3.63, 3.8) is 0 Å². The Hall–Kier alpha value is -0.571. The Kier molecular flexibility index (Phi) is 10.9. The van der Waals surface area contributed by atoms with Crippen molar-refractivity contribution >= 4 is 44.5 Å². The molecule has 0 radical (unpaired) electrons. The van der Waals surface area contributed by atoms with Gasteiger partial charge < -0.3 is 4.74 Å². The fraction of sp³-hybridized carbons (Fsp3) is 0.615. The Morgan fingerprint density at radius 1 is 0.750 bits per heavy atom. The molecule has 0 saturated heterocycles. The van der Waals surface area contributed by atoms with Crippen LogP contribution in [0.2, 0.25) is 13.3 Å². The zero-order valence-corrected chi connectivity index (χ0v) is 25.1. The van der Waals surface area contributed by atoms with Crippen LogP contribution in [0.4, 0.5) is 0 Å². The van der Waals surface area contributed by atoms with E-state index >= 15 is 0 Å². The largest absolute Gasteiger partial charge is 0.492 e. The zero-order chi connectivity index (χ0) is 22.8. The van der Waals surface area contributed by atoms with Gasteiger partial charge in [0.1, 0.15) is 5.75 Å². The second-order valence-electron chi connectivity index (χ2n) is 9.07. The third-order valence-corrected chi connectivity index (χ3v) is 23.0. The Labute approximate surface area is 212 Å². The number of ether oxygens (including phenoxy) is 2. The molecule has 0 aliphatic carbocycles. The van der Waals surface area contributed by atoms with Gasteiger partial charge in [-0.15, -0.1) is 0 Å². The number of aromatic nitrogens is 2. The predicted octanol–water partition coefficient (Wildman–Crippen LogP) is 6.69. The van der Waals surface area contributed by atoms with Gasteiger partial charge in [0.05, 0.1) is 10.2 Å². The van der Waals surface area contributed by atoms with Crippen LogP contribution in [-0.2, 0) is 12.8 Å². The molecule has 4 rings (SSSR count). The van der Waals surface area contributed by atoms with Crippen molar-refractivity contribution < 1.29 is 9.47 Å². The number of rotatable bonds is 10. The maximum atomic E-state index is 6.09. The van der Waals surface area contributed by atoms with Gasteiger partial charge in [-0.25, -0.2) is 0 Å². The van der Waals surface area contributed by atoms with E-state index in [1.165, 1.54) is 68.7 Å². The fourth-order valence-corrected chi connectivity index (χ4v) is 21.8. The van der Waals surface area contributed by atoms with Crippen molar-refractivity contribution in [2.45, 2.75) is 85.4 Å². The first-order valence-corrected chi connectivity index (χ1v) is 21.1. The molecule has 32 heavy (non-hydrogen) atoms. The third kappa shape index (κ3) is 6.51. The van der Waals surface area contributed by atoms with E-state index in [-0.39, 0.29) is 0 Å². The molecule has 2 aromatic rings.